The van der Waals surface area contributed by atoms with Crippen LogP contribution in [-0.2, 0) is 18.3 Å². The van der Waals surface area contributed by atoms with Crippen molar-refractivity contribution in [2.75, 3.05) is 13.2 Å². The van der Waals surface area contributed by atoms with E-state index in [1.165, 1.54) is 0 Å². The van der Waals surface area contributed by atoms with Crippen LogP contribution in [0.2, 0.25) is 0 Å². The number of nitrogens with zero attached hydrogens (tertiary/aromatic N) is 2. The number of hydrogen-bond donors (Lipinski definition) is 3. The Morgan fingerprint density at radius 1 is 1.29 bits per heavy atom. The Labute approximate surface area is 169 Å². The largest absolute Gasteiger partial charge is 0.494 e. The van der Waals surface area contributed by atoms with Crippen molar-refractivity contribution in [2.24, 2.45) is 13.0 Å². The van der Waals surface area contributed by atoms with Crippen LogP contribution in [0.15, 0.2) is 24.3 Å². The first-order chi connectivity index (χ1) is 13.3. The number of carbonyl (C=O) groups is 2. The van der Waals surface area contributed by atoms with Gasteiger partial charge < -0.3 is 19.9 Å². The number of nitrogens with one attached hydrogen (secondary N) is 3. The number of aromatic amines is 1. The van der Waals surface area contributed by atoms with Crippen molar-refractivity contribution in [3.05, 3.63) is 40.4 Å². The molecule has 0 aliphatic rings. The quantitative estimate of drug-likeness (QED) is 0.554. The second kappa shape index (κ2) is 10.0. The molecule has 1 aromatic carbocycles. The molecule has 0 aliphatic carbocycles. The molecule has 0 saturated carbocycles. The van der Waals surface area contributed by atoms with E-state index in [4.69, 9.17) is 17.0 Å². The summed E-state index contributed by atoms with van der Waals surface area (Å²) in [6.45, 7) is 6.63. The molecule has 0 radical (unpaired) electrons. The molecule has 2 amide bonds. The molecular weight excluding hydrogens is 378 g/mol. The third kappa shape index (κ3) is 5.66. The van der Waals surface area contributed by atoms with Crippen LogP contribution in [0, 0.1) is 10.7 Å². The third-order valence-corrected chi connectivity index (χ3v) is 4.65. The van der Waals surface area contributed by atoms with Gasteiger partial charge in [-0.15, -0.1) is 0 Å². The van der Waals surface area contributed by atoms with Crippen LogP contribution in [-0.4, -0.2) is 45.8 Å². The molecule has 0 spiro atoms. The first kappa shape index (κ1) is 21.6. The molecule has 0 bridgehead atoms. The van der Waals surface area contributed by atoms with Crippen LogP contribution >= 0.6 is 12.2 Å². The molecule has 0 aliphatic heterocycles. The molecule has 1 unspecified atom stereocenters. The summed E-state index contributed by atoms with van der Waals surface area (Å²) in [5.41, 5.74) is 0.475. The fraction of sp³-hybridized carbons (Fsp3) is 0.474. The van der Waals surface area contributed by atoms with E-state index in [2.05, 4.69) is 20.8 Å². The minimum Gasteiger partial charge on any atom is -0.494 e. The van der Waals surface area contributed by atoms with Gasteiger partial charge in [-0.3, -0.25) is 14.7 Å². The maximum Gasteiger partial charge on any atom is 0.251 e. The predicted molar refractivity (Wildman–Crippen MR) is 109 cm³/mol. The summed E-state index contributed by atoms with van der Waals surface area (Å²) in [5.74, 6) is 0.862. The molecule has 3 N–H and O–H groups in total. The summed E-state index contributed by atoms with van der Waals surface area (Å²) in [6, 6.07) is 6.20. The Hall–Kier alpha value is -2.68. The maximum atomic E-state index is 12.6. The topological polar surface area (TPSA) is 101 Å². The minimum atomic E-state index is -0.637. The average Bonchev–Trinajstić information content (AvgIpc) is 2.98. The zero-order chi connectivity index (χ0) is 20.7. The highest BCUT2D eigenvalue weighted by atomic mass is 32.1. The number of aromatic nitrogens is 3. The van der Waals surface area contributed by atoms with E-state index < -0.39 is 6.04 Å². The van der Waals surface area contributed by atoms with Gasteiger partial charge in [-0.2, -0.15) is 5.10 Å². The third-order valence-electron chi connectivity index (χ3n) is 4.28. The zero-order valence-corrected chi connectivity index (χ0v) is 17.4. The molecule has 1 atom stereocenters. The first-order valence-corrected chi connectivity index (χ1v) is 9.66. The second-order valence-corrected chi connectivity index (χ2v) is 7.08. The monoisotopic (exact) mass is 405 g/mol. The number of hydrogen-bond acceptors (Lipinski definition) is 5. The molecule has 8 nitrogen and oxygen atoms in total. The van der Waals surface area contributed by atoms with E-state index in [1.807, 2.05) is 27.8 Å². The van der Waals surface area contributed by atoms with E-state index in [0.717, 1.165) is 5.82 Å². The molecule has 1 heterocycles. The molecule has 0 saturated heterocycles. The predicted octanol–water partition coefficient (Wildman–Crippen LogP) is 1.99. The van der Waals surface area contributed by atoms with Gasteiger partial charge in [0, 0.05) is 25.6 Å². The van der Waals surface area contributed by atoms with Crippen molar-refractivity contribution in [3.63, 3.8) is 0 Å². The van der Waals surface area contributed by atoms with Crippen LogP contribution in [0.1, 0.15) is 37.0 Å². The molecule has 0 fully saturated rings. The van der Waals surface area contributed by atoms with Gasteiger partial charge in [0.1, 0.15) is 17.6 Å². The van der Waals surface area contributed by atoms with Gasteiger partial charge in [0.15, 0.2) is 4.77 Å². The van der Waals surface area contributed by atoms with Crippen LogP contribution in [0.3, 0.4) is 0 Å². The zero-order valence-electron chi connectivity index (χ0n) is 16.6. The van der Waals surface area contributed by atoms with E-state index >= 15 is 0 Å². The SMILES string of the molecule is CCOc1ccc(C(=O)NC(C(=O)NCCc2n[nH]c(=S)n2C)C(C)C)cc1. The average molecular weight is 406 g/mol. The maximum absolute atomic E-state index is 12.6. The number of benzene rings is 1. The smallest absolute Gasteiger partial charge is 0.251 e. The summed E-state index contributed by atoms with van der Waals surface area (Å²) < 4.78 is 7.67. The van der Waals surface area contributed by atoms with E-state index in [0.29, 0.717) is 35.7 Å². The van der Waals surface area contributed by atoms with Gasteiger partial charge in [-0.1, -0.05) is 13.8 Å². The lowest BCUT2D eigenvalue weighted by molar-refractivity contribution is -0.123. The van der Waals surface area contributed by atoms with Gasteiger partial charge in [0.25, 0.3) is 5.91 Å². The summed E-state index contributed by atoms with van der Waals surface area (Å²) in [4.78, 5) is 25.1. The highest BCUT2D eigenvalue weighted by Gasteiger charge is 2.24. The molecule has 28 heavy (non-hydrogen) atoms. The highest BCUT2D eigenvalue weighted by molar-refractivity contribution is 7.71. The van der Waals surface area contributed by atoms with Gasteiger partial charge >= 0.3 is 0 Å². The van der Waals surface area contributed by atoms with Crippen LogP contribution in [0.4, 0.5) is 0 Å². The van der Waals surface area contributed by atoms with Crippen molar-refractivity contribution in [1.82, 2.24) is 25.4 Å². The van der Waals surface area contributed by atoms with Crippen molar-refractivity contribution in [2.45, 2.75) is 33.2 Å². The number of H-pyrrole nitrogens is 1. The molecule has 2 aromatic rings. The summed E-state index contributed by atoms with van der Waals surface area (Å²) in [6.07, 6.45) is 0.535. The number of ether oxygens (including phenoxy) is 1. The Kier molecular flexibility index (Phi) is 7.74. The summed E-state index contributed by atoms with van der Waals surface area (Å²) in [7, 11) is 1.82. The highest BCUT2D eigenvalue weighted by Crippen LogP contribution is 2.13. The van der Waals surface area contributed by atoms with Crippen molar-refractivity contribution in [3.8, 4) is 5.75 Å². The van der Waals surface area contributed by atoms with Crippen LogP contribution in [0.25, 0.3) is 0 Å². The fourth-order valence-corrected chi connectivity index (χ4v) is 2.79. The lowest BCUT2D eigenvalue weighted by Crippen LogP contribution is -2.50. The Morgan fingerprint density at radius 3 is 2.50 bits per heavy atom. The lowest BCUT2D eigenvalue weighted by atomic mass is 10.0. The Bertz CT molecular complexity index is 857. The Morgan fingerprint density at radius 2 is 1.96 bits per heavy atom. The van der Waals surface area contributed by atoms with Gasteiger partial charge in [-0.05, 0) is 49.3 Å². The lowest BCUT2D eigenvalue weighted by Gasteiger charge is -2.21. The van der Waals surface area contributed by atoms with Crippen LogP contribution in [0.5, 0.6) is 5.75 Å². The van der Waals surface area contributed by atoms with E-state index in [-0.39, 0.29) is 17.7 Å². The Balaban J connectivity index is 1.93. The first-order valence-electron chi connectivity index (χ1n) is 9.25. The van der Waals surface area contributed by atoms with Crippen molar-refractivity contribution < 1.29 is 14.3 Å². The van der Waals surface area contributed by atoms with Gasteiger partial charge in [0.2, 0.25) is 5.91 Å². The minimum absolute atomic E-state index is 0.0626. The van der Waals surface area contributed by atoms with E-state index in [9.17, 15) is 9.59 Å². The van der Waals surface area contributed by atoms with Crippen LogP contribution < -0.4 is 15.4 Å². The van der Waals surface area contributed by atoms with E-state index in [1.54, 1.807) is 28.8 Å². The molecule has 1 aromatic heterocycles. The second-order valence-electron chi connectivity index (χ2n) is 6.70. The summed E-state index contributed by atoms with van der Waals surface area (Å²) >= 11 is 5.07. The summed E-state index contributed by atoms with van der Waals surface area (Å²) in [5, 5.41) is 12.5. The van der Waals surface area contributed by atoms with Crippen molar-refractivity contribution >= 4 is 24.0 Å². The van der Waals surface area contributed by atoms with Gasteiger partial charge in [-0.25, -0.2) is 0 Å². The fourth-order valence-electron chi connectivity index (χ4n) is 2.64. The normalized spacial score (nSPS) is 11.9. The molecule has 152 valence electrons. The standard InChI is InChI=1S/C19H27N5O3S/c1-5-27-14-8-6-13(7-9-14)17(25)21-16(12(2)3)18(26)20-11-10-15-22-23-19(28)24(15)4/h6-9,12,16H,5,10-11H2,1-4H3,(H,20,26)(H,21,25)(H,23,28). The van der Waals surface area contributed by atoms with Gasteiger partial charge in [0.05, 0.1) is 6.61 Å². The number of rotatable bonds is 9. The number of amides is 2. The molecule has 2 rings (SSSR count). The van der Waals surface area contributed by atoms with Crippen molar-refractivity contribution in [1.29, 1.82) is 0 Å². The molecular formula is C19H27N5O3S. The molecule has 9 heteroatoms. The number of carbonyl (C=O) groups excluding carboxylic acids is 2.